The Morgan fingerprint density at radius 2 is 1.29 bits per heavy atom. The number of unbranched alkanes of at least 4 members (excludes halogenated alkanes) is 12. The Morgan fingerprint density at radius 1 is 0.810 bits per heavy atom. The zero-order valence-electron chi connectivity index (χ0n) is 14.1. The number of rotatable bonds is 16. The monoisotopic (exact) mass is 318 g/mol. The molecular formula is C17H35O3P. The van der Waals surface area contributed by atoms with Crippen LogP contribution in [0.3, 0.4) is 0 Å². The summed E-state index contributed by atoms with van der Waals surface area (Å²) in [6, 6.07) is 0. The fourth-order valence-corrected chi connectivity index (χ4v) is 2.63. The third kappa shape index (κ3) is 17.7. The molecule has 126 valence electrons. The molecule has 0 rings (SSSR count). The van der Waals surface area contributed by atoms with Crippen molar-refractivity contribution in [2.45, 2.75) is 90.4 Å². The van der Waals surface area contributed by atoms with Crippen LogP contribution in [0.2, 0.25) is 0 Å². The van der Waals surface area contributed by atoms with Gasteiger partial charge in [-0.1, -0.05) is 77.6 Å². The van der Waals surface area contributed by atoms with Crippen molar-refractivity contribution in [3.8, 4) is 0 Å². The van der Waals surface area contributed by atoms with E-state index in [9.17, 15) is 4.57 Å². The summed E-state index contributed by atoms with van der Waals surface area (Å²) in [5, 5.41) is 0. The van der Waals surface area contributed by atoms with E-state index in [1.54, 1.807) is 0 Å². The fraction of sp³-hybridized carbons (Fsp3) is 0.882. The lowest BCUT2D eigenvalue weighted by molar-refractivity contribution is 0.326. The van der Waals surface area contributed by atoms with Crippen molar-refractivity contribution in [3.05, 3.63) is 12.3 Å². The van der Waals surface area contributed by atoms with Crippen LogP contribution in [0.1, 0.15) is 90.4 Å². The van der Waals surface area contributed by atoms with Gasteiger partial charge in [-0.25, -0.2) is 4.57 Å². The van der Waals surface area contributed by atoms with Gasteiger partial charge in [-0.15, -0.1) is 0 Å². The summed E-state index contributed by atoms with van der Waals surface area (Å²) in [7, 11) is -0.894. The van der Waals surface area contributed by atoms with Crippen molar-refractivity contribution in [1.29, 1.82) is 0 Å². The summed E-state index contributed by atoms with van der Waals surface area (Å²) in [5.74, 6) is 0. The molecule has 0 aliphatic rings. The average Bonchev–Trinajstić information content (AvgIpc) is 2.50. The van der Waals surface area contributed by atoms with Gasteiger partial charge in [-0.3, -0.25) is 0 Å². The molecule has 0 aromatic heterocycles. The van der Waals surface area contributed by atoms with Gasteiger partial charge < -0.3 is 9.05 Å². The summed E-state index contributed by atoms with van der Waals surface area (Å²) < 4.78 is 20.2. The third-order valence-electron chi connectivity index (χ3n) is 3.65. The summed E-state index contributed by atoms with van der Waals surface area (Å²) in [5.41, 5.74) is 0. The van der Waals surface area contributed by atoms with Crippen LogP contribution in [0.4, 0.5) is 0 Å². The third-order valence-corrected chi connectivity index (χ3v) is 4.31. The molecule has 0 aliphatic heterocycles. The Hall–Kier alpha value is -0.270. The topological polar surface area (TPSA) is 35.5 Å². The first-order valence-electron chi connectivity index (χ1n) is 8.71. The Morgan fingerprint density at radius 3 is 1.76 bits per heavy atom. The normalized spacial score (nSPS) is 12.9. The quantitative estimate of drug-likeness (QED) is 0.182. The van der Waals surface area contributed by atoms with Crippen molar-refractivity contribution in [3.63, 3.8) is 0 Å². The molecule has 0 saturated heterocycles. The largest absolute Gasteiger partial charge is 0.435 e. The molecule has 0 bridgehead atoms. The molecule has 21 heavy (non-hydrogen) atoms. The first-order valence-corrected chi connectivity index (χ1v) is 9.93. The number of hydrogen-bond donors (Lipinski definition) is 0. The summed E-state index contributed by atoms with van der Waals surface area (Å²) in [6.07, 6.45) is 20.8. The highest BCUT2D eigenvalue weighted by molar-refractivity contribution is 7.33. The van der Waals surface area contributed by atoms with Crippen molar-refractivity contribution in [2.24, 2.45) is 0 Å². The lowest BCUT2D eigenvalue weighted by Crippen LogP contribution is -1.82. The van der Waals surface area contributed by atoms with Crippen molar-refractivity contribution < 1.29 is 13.6 Å². The zero-order valence-corrected chi connectivity index (χ0v) is 15.1. The lowest BCUT2D eigenvalue weighted by Gasteiger charge is -2.02. The van der Waals surface area contributed by atoms with E-state index in [0.29, 0.717) is 0 Å². The molecule has 0 amide bonds. The van der Waals surface area contributed by atoms with E-state index in [1.807, 2.05) is 6.08 Å². The molecular weight excluding hydrogens is 283 g/mol. The van der Waals surface area contributed by atoms with Crippen LogP contribution in [0, 0.1) is 0 Å². The van der Waals surface area contributed by atoms with E-state index in [2.05, 4.69) is 11.4 Å². The summed E-state index contributed by atoms with van der Waals surface area (Å²) >= 11 is 0. The smallest absolute Gasteiger partial charge is 0.366 e. The highest BCUT2D eigenvalue weighted by Gasteiger charge is 1.93. The Labute approximate surface area is 132 Å². The van der Waals surface area contributed by atoms with Gasteiger partial charge in [-0.05, 0) is 18.9 Å². The van der Waals surface area contributed by atoms with Gasteiger partial charge in [0.2, 0.25) is 0 Å². The SMILES string of the molecule is CCCCCCCCCCCCCC/C=C/O[PH](=O)OC. The molecule has 0 aliphatic carbocycles. The van der Waals surface area contributed by atoms with Gasteiger partial charge in [0.05, 0.1) is 6.26 Å². The highest BCUT2D eigenvalue weighted by Crippen LogP contribution is 2.21. The van der Waals surface area contributed by atoms with Crippen LogP contribution in [0.15, 0.2) is 12.3 Å². The van der Waals surface area contributed by atoms with Crippen LogP contribution in [-0.4, -0.2) is 7.11 Å². The van der Waals surface area contributed by atoms with E-state index in [-0.39, 0.29) is 0 Å². The Balaban J connectivity index is 3.07. The maximum Gasteiger partial charge on any atom is 0.366 e. The van der Waals surface area contributed by atoms with Crippen molar-refractivity contribution >= 4 is 8.25 Å². The van der Waals surface area contributed by atoms with Gasteiger partial charge in [-0.2, -0.15) is 0 Å². The van der Waals surface area contributed by atoms with Gasteiger partial charge in [0.25, 0.3) is 0 Å². The van der Waals surface area contributed by atoms with Gasteiger partial charge in [0.1, 0.15) is 0 Å². The summed E-state index contributed by atoms with van der Waals surface area (Å²) in [4.78, 5) is 0. The van der Waals surface area contributed by atoms with E-state index in [0.717, 1.165) is 6.42 Å². The minimum absolute atomic E-state index is 0.996. The fourth-order valence-electron chi connectivity index (χ4n) is 2.32. The van der Waals surface area contributed by atoms with Gasteiger partial charge in [0, 0.05) is 7.11 Å². The van der Waals surface area contributed by atoms with E-state index in [1.165, 1.54) is 90.4 Å². The predicted octanol–water partition coefficient (Wildman–Crippen LogP) is 6.64. The summed E-state index contributed by atoms with van der Waals surface area (Å²) in [6.45, 7) is 2.27. The molecule has 1 unspecified atom stereocenters. The van der Waals surface area contributed by atoms with Gasteiger partial charge >= 0.3 is 8.25 Å². The number of allylic oxidation sites excluding steroid dienone is 1. The maximum atomic E-state index is 10.8. The first kappa shape index (κ1) is 20.7. The molecule has 0 heterocycles. The van der Waals surface area contributed by atoms with Crippen LogP contribution < -0.4 is 0 Å². The zero-order chi connectivity index (χ0) is 15.6. The number of hydrogen-bond acceptors (Lipinski definition) is 3. The standard InChI is InChI=1S/C17H35O3P/c1-3-4-5-6-7-8-9-10-11-12-13-14-15-16-17-20-21(18)19-2/h16-17,21H,3-15H2,1-2H3/b17-16+. The van der Waals surface area contributed by atoms with Crippen LogP contribution in [0.25, 0.3) is 0 Å². The molecule has 0 saturated carbocycles. The minimum Gasteiger partial charge on any atom is -0.435 e. The predicted molar refractivity (Wildman–Crippen MR) is 91.9 cm³/mol. The van der Waals surface area contributed by atoms with Crippen LogP contribution in [0.5, 0.6) is 0 Å². The minimum atomic E-state index is -2.28. The second-order valence-corrected chi connectivity index (χ2v) is 6.77. The second-order valence-electron chi connectivity index (χ2n) is 5.62. The van der Waals surface area contributed by atoms with Crippen molar-refractivity contribution in [2.75, 3.05) is 7.11 Å². The van der Waals surface area contributed by atoms with E-state index < -0.39 is 8.25 Å². The molecule has 0 radical (unpaired) electrons. The molecule has 3 nitrogen and oxygen atoms in total. The van der Waals surface area contributed by atoms with Crippen LogP contribution in [-0.2, 0) is 13.6 Å². The molecule has 0 N–H and O–H groups in total. The highest BCUT2D eigenvalue weighted by atomic mass is 31.1. The van der Waals surface area contributed by atoms with Crippen LogP contribution >= 0.6 is 8.25 Å². The molecule has 0 fully saturated rings. The molecule has 0 spiro atoms. The Kier molecular flexibility index (Phi) is 17.6. The van der Waals surface area contributed by atoms with Gasteiger partial charge in [0.15, 0.2) is 0 Å². The van der Waals surface area contributed by atoms with E-state index in [4.69, 9.17) is 4.52 Å². The first-order chi connectivity index (χ1) is 10.3. The molecule has 0 aromatic rings. The molecule has 1 atom stereocenters. The average molecular weight is 318 g/mol. The molecule has 0 aromatic carbocycles. The second kappa shape index (κ2) is 17.8. The lowest BCUT2D eigenvalue weighted by atomic mass is 10.0. The molecule has 4 heteroatoms. The van der Waals surface area contributed by atoms with Crippen molar-refractivity contribution in [1.82, 2.24) is 0 Å². The van der Waals surface area contributed by atoms with E-state index >= 15 is 0 Å². The maximum absolute atomic E-state index is 10.8. The Bertz CT molecular complexity index is 254.